The van der Waals surface area contributed by atoms with Crippen LogP contribution in [0.5, 0.6) is 0 Å². The zero-order chi connectivity index (χ0) is 21.4. The number of unbranched alkanes of at least 4 members (excludes halogenated alkanes) is 1. The number of hydrogen-bond acceptors (Lipinski definition) is 4. The normalized spacial score (nSPS) is 24.7. The average Bonchev–Trinajstić information content (AvgIpc) is 3.14. The van der Waals surface area contributed by atoms with Crippen LogP contribution < -0.4 is 0 Å². The van der Waals surface area contributed by atoms with Gasteiger partial charge in [0, 0.05) is 27.1 Å². The predicted octanol–water partition coefficient (Wildman–Crippen LogP) is 4.89. The third kappa shape index (κ3) is 7.54. The fraction of sp³-hybridized carbons (Fsp3) is 0.545. The van der Waals surface area contributed by atoms with Crippen molar-refractivity contribution in [3.05, 3.63) is 44.6 Å². The van der Waals surface area contributed by atoms with Gasteiger partial charge in [0.15, 0.2) is 5.78 Å². The molecule has 1 aromatic rings. The number of aliphatic carboxylic acids is 1. The molecule has 1 heterocycles. The largest absolute Gasteiger partial charge is 0.481 e. The Morgan fingerprint density at radius 1 is 1.38 bits per heavy atom. The number of carboxylic acids is 1. The Morgan fingerprint density at radius 3 is 2.76 bits per heavy atom. The van der Waals surface area contributed by atoms with Gasteiger partial charge >= 0.3 is 5.97 Å². The van der Waals surface area contributed by atoms with Crippen LogP contribution in [-0.4, -0.2) is 35.9 Å². The molecule has 7 heteroatoms. The first-order valence-corrected chi connectivity index (χ1v) is 11.6. The summed E-state index contributed by atoms with van der Waals surface area (Å²) in [6, 6.07) is 1.99. The van der Waals surface area contributed by atoms with Gasteiger partial charge in [-0.2, -0.15) is 0 Å². The van der Waals surface area contributed by atoms with Crippen LogP contribution in [0.4, 0.5) is 0 Å². The molecule has 156 valence electrons. The van der Waals surface area contributed by atoms with E-state index >= 15 is 0 Å². The number of rotatable bonds is 11. The van der Waals surface area contributed by atoms with Gasteiger partial charge < -0.3 is 10.2 Å². The van der Waals surface area contributed by atoms with Crippen LogP contribution in [0.3, 0.4) is 0 Å². The molecule has 0 aliphatic heterocycles. The number of carboxylic acid groups (broad SMARTS) is 1. The van der Waals surface area contributed by atoms with E-state index in [2.05, 4.69) is 15.9 Å². The highest BCUT2D eigenvalue weighted by Gasteiger charge is 2.39. The van der Waals surface area contributed by atoms with Crippen molar-refractivity contribution in [1.29, 1.82) is 0 Å². The highest BCUT2D eigenvalue weighted by atomic mass is 79.9. The van der Waals surface area contributed by atoms with Gasteiger partial charge in [0.05, 0.1) is 14.0 Å². The summed E-state index contributed by atoms with van der Waals surface area (Å²) in [4.78, 5) is 25.2. The van der Waals surface area contributed by atoms with Crippen LogP contribution in [0, 0.1) is 24.7 Å². The van der Waals surface area contributed by atoms with Crippen LogP contribution in [0.1, 0.15) is 41.9 Å². The quantitative estimate of drug-likeness (QED) is 0.205. The SMILES string of the molecule is [B]C[C@@H]1CC(O)[C@H](C/C=C\CCCC(=O)O)[C@H]1/C=C/C(=O)Cc1cc(Br)c(C)s1. The number of aliphatic hydroxyl groups excluding tert-OH is 1. The van der Waals surface area contributed by atoms with Gasteiger partial charge in [-0.3, -0.25) is 9.59 Å². The third-order valence-electron chi connectivity index (χ3n) is 5.48. The van der Waals surface area contributed by atoms with Crippen LogP contribution >= 0.6 is 27.3 Å². The molecule has 4 atom stereocenters. The van der Waals surface area contributed by atoms with Gasteiger partial charge in [-0.15, -0.1) is 11.3 Å². The van der Waals surface area contributed by atoms with E-state index in [0.29, 0.717) is 38.4 Å². The van der Waals surface area contributed by atoms with Crippen molar-refractivity contribution in [3.8, 4) is 0 Å². The molecule has 0 aromatic carbocycles. The Labute approximate surface area is 186 Å². The maximum atomic E-state index is 12.4. The summed E-state index contributed by atoms with van der Waals surface area (Å²) in [5, 5.41) is 19.2. The maximum Gasteiger partial charge on any atom is 0.303 e. The fourth-order valence-corrected chi connectivity index (χ4v) is 5.52. The predicted molar refractivity (Wildman–Crippen MR) is 122 cm³/mol. The van der Waals surface area contributed by atoms with Crippen LogP contribution in [0.25, 0.3) is 0 Å². The molecule has 2 radical (unpaired) electrons. The van der Waals surface area contributed by atoms with E-state index in [9.17, 15) is 14.7 Å². The van der Waals surface area contributed by atoms with Crippen molar-refractivity contribution in [3.63, 3.8) is 0 Å². The Hall–Kier alpha value is -1.18. The first-order chi connectivity index (χ1) is 13.8. The molecule has 1 fully saturated rings. The van der Waals surface area contributed by atoms with Crippen molar-refractivity contribution in [2.75, 3.05) is 0 Å². The minimum atomic E-state index is -0.782. The van der Waals surface area contributed by atoms with Crippen molar-refractivity contribution in [2.24, 2.45) is 17.8 Å². The first-order valence-electron chi connectivity index (χ1n) is 10.0. The summed E-state index contributed by atoms with van der Waals surface area (Å²) in [6.45, 7) is 2.02. The molecule has 0 amide bonds. The van der Waals surface area contributed by atoms with Crippen LogP contribution in [-0.2, 0) is 16.0 Å². The number of aliphatic hydroxyl groups is 1. The second kappa shape index (κ2) is 11.9. The zero-order valence-corrected chi connectivity index (χ0v) is 19.1. The molecule has 0 spiro atoms. The molecule has 0 saturated heterocycles. The molecule has 1 aliphatic carbocycles. The van der Waals surface area contributed by atoms with Gasteiger partial charge in [0.1, 0.15) is 0 Å². The lowest BCUT2D eigenvalue weighted by Crippen LogP contribution is -2.18. The highest BCUT2D eigenvalue weighted by Crippen LogP contribution is 2.42. The molecule has 0 bridgehead atoms. The van der Waals surface area contributed by atoms with Gasteiger partial charge in [0.2, 0.25) is 0 Å². The van der Waals surface area contributed by atoms with Gasteiger partial charge in [-0.05, 0) is 78.4 Å². The Morgan fingerprint density at radius 2 is 2.14 bits per heavy atom. The summed E-state index contributed by atoms with van der Waals surface area (Å²) >= 11 is 5.10. The molecule has 1 saturated carbocycles. The third-order valence-corrected chi connectivity index (χ3v) is 7.61. The number of carbonyl (C=O) groups excluding carboxylic acids is 1. The Bertz CT molecular complexity index is 738. The number of allylic oxidation sites excluding steroid dienone is 4. The number of aryl methyl sites for hydroxylation is 1. The van der Waals surface area contributed by atoms with Crippen LogP contribution in [0.2, 0.25) is 6.32 Å². The van der Waals surface area contributed by atoms with Crippen molar-refractivity contribution in [1.82, 2.24) is 0 Å². The summed E-state index contributed by atoms with van der Waals surface area (Å²) in [5.41, 5.74) is 0. The molecule has 4 nitrogen and oxygen atoms in total. The smallest absolute Gasteiger partial charge is 0.303 e. The summed E-state index contributed by atoms with van der Waals surface area (Å²) in [6.07, 6.45) is 10.8. The number of ketones is 1. The Balaban J connectivity index is 1.94. The van der Waals surface area contributed by atoms with E-state index in [1.54, 1.807) is 17.4 Å². The van der Waals surface area contributed by atoms with E-state index in [4.69, 9.17) is 13.0 Å². The maximum absolute atomic E-state index is 12.4. The van der Waals surface area contributed by atoms with E-state index in [0.717, 1.165) is 14.2 Å². The first kappa shape index (κ1) is 24.1. The zero-order valence-electron chi connectivity index (χ0n) is 16.7. The minimum absolute atomic E-state index is 0.0291. The lowest BCUT2D eigenvalue weighted by molar-refractivity contribution is -0.137. The standard InChI is InChI=1S/C22H28BBrO4S/c1-14-20(24)12-17(29-14)11-16(25)8-9-18-15(13-23)10-21(26)19(18)6-4-2-3-5-7-22(27)28/h2,4,8-9,12,15,18-19,21,26H,3,5-7,10-11,13H2,1H3,(H,27,28)/b4-2-,9-8+/t15-,18-,19+,21?/m0/s1. The van der Waals surface area contributed by atoms with Gasteiger partial charge in [0.25, 0.3) is 0 Å². The van der Waals surface area contributed by atoms with Gasteiger partial charge in [-0.1, -0.05) is 24.5 Å². The molecular weight excluding hydrogens is 451 g/mol. The van der Waals surface area contributed by atoms with Crippen molar-refractivity contribution in [2.45, 2.75) is 57.9 Å². The van der Waals surface area contributed by atoms with E-state index in [-0.39, 0.29) is 30.0 Å². The average molecular weight is 479 g/mol. The topological polar surface area (TPSA) is 74.6 Å². The molecule has 2 rings (SSSR count). The Kier molecular flexibility index (Phi) is 9.86. The number of carbonyl (C=O) groups is 2. The highest BCUT2D eigenvalue weighted by molar-refractivity contribution is 9.10. The summed E-state index contributed by atoms with van der Waals surface area (Å²) in [7, 11) is 5.91. The molecule has 29 heavy (non-hydrogen) atoms. The lowest BCUT2D eigenvalue weighted by Gasteiger charge is -2.21. The number of halogens is 1. The lowest BCUT2D eigenvalue weighted by atomic mass is 9.80. The second-order valence-electron chi connectivity index (χ2n) is 7.65. The molecule has 1 aromatic heterocycles. The molecule has 2 N–H and O–H groups in total. The van der Waals surface area contributed by atoms with Crippen molar-refractivity contribution < 1.29 is 19.8 Å². The second-order valence-corrected chi connectivity index (χ2v) is 9.85. The molecular formula is C22H28BBrO4S. The minimum Gasteiger partial charge on any atom is -0.481 e. The molecule has 1 unspecified atom stereocenters. The van der Waals surface area contributed by atoms with E-state index in [1.807, 2.05) is 31.2 Å². The van der Waals surface area contributed by atoms with E-state index in [1.165, 1.54) is 0 Å². The van der Waals surface area contributed by atoms with Gasteiger partial charge in [-0.25, -0.2) is 0 Å². The molecule has 1 aliphatic rings. The number of hydrogen-bond donors (Lipinski definition) is 2. The van der Waals surface area contributed by atoms with Crippen molar-refractivity contribution >= 4 is 46.9 Å². The summed E-state index contributed by atoms with van der Waals surface area (Å²) < 4.78 is 1.03. The van der Waals surface area contributed by atoms with Crippen LogP contribution in [0.15, 0.2) is 34.8 Å². The summed E-state index contributed by atoms with van der Waals surface area (Å²) in [5.74, 6) is -0.465. The monoisotopic (exact) mass is 478 g/mol. The fourth-order valence-electron chi connectivity index (χ4n) is 3.91. The van der Waals surface area contributed by atoms with E-state index < -0.39 is 12.1 Å². The number of thiophene rings is 1.